The van der Waals surface area contributed by atoms with E-state index < -0.39 is 5.79 Å². The number of methoxy groups -OCH3 is 1. The number of carbonyl (C=O) groups is 1. The summed E-state index contributed by atoms with van der Waals surface area (Å²) in [6, 6.07) is 0. The van der Waals surface area contributed by atoms with Gasteiger partial charge in [-0.05, 0) is 24.5 Å². The maximum absolute atomic E-state index is 12.3. The van der Waals surface area contributed by atoms with E-state index in [2.05, 4.69) is 28.2 Å². The number of thioether (sulfide) groups is 1. The fourth-order valence-electron chi connectivity index (χ4n) is 4.65. The fraction of sp³-hybridized carbons (Fsp3) is 0.964. The van der Waals surface area contributed by atoms with Crippen LogP contribution in [0.25, 0.3) is 0 Å². The van der Waals surface area contributed by atoms with Crippen LogP contribution in [0.4, 0.5) is 4.79 Å². The minimum absolute atomic E-state index is 0.361. The van der Waals surface area contributed by atoms with Crippen LogP contribution in [0.5, 0.6) is 0 Å². The molecule has 0 aromatic heterocycles. The van der Waals surface area contributed by atoms with Gasteiger partial charge in [-0.2, -0.15) is 11.8 Å². The number of nitrogens with one attached hydrogen (secondary N) is 1. The Morgan fingerprint density at radius 2 is 1.41 bits per heavy atom. The molecule has 0 aliphatic carbocycles. The first-order valence-corrected chi connectivity index (χ1v) is 16.4. The van der Waals surface area contributed by atoms with Crippen LogP contribution in [0.1, 0.15) is 129 Å². The number of hydrogen-bond acceptors (Lipinski definition) is 4. The molecule has 1 rings (SSSR count). The van der Waals surface area contributed by atoms with Gasteiger partial charge in [-0.25, -0.2) is 4.79 Å². The van der Waals surface area contributed by atoms with Gasteiger partial charge in [0, 0.05) is 37.6 Å². The van der Waals surface area contributed by atoms with Crippen LogP contribution in [0.15, 0.2) is 0 Å². The molecule has 3 unspecified atom stereocenters. The van der Waals surface area contributed by atoms with Gasteiger partial charge < -0.3 is 14.8 Å². The summed E-state index contributed by atoms with van der Waals surface area (Å²) in [7, 11) is 1.63. The number of alkyl carbamates (subject to hydrolysis) is 1. The molecule has 1 N–H and O–H groups in total. The lowest BCUT2D eigenvalue weighted by Gasteiger charge is -2.37. The molecule has 1 saturated heterocycles. The molecule has 3 atom stereocenters. The summed E-state index contributed by atoms with van der Waals surface area (Å²) < 4.78 is 11.2. The van der Waals surface area contributed by atoms with Crippen molar-refractivity contribution in [2.24, 2.45) is 5.92 Å². The second kappa shape index (κ2) is 21.2. The van der Waals surface area contributed by atoms with Crippen molar-refractivity contribution in [2.45, 2.75) is 140 Å². The van der Waals surface area contributed by atoms with Crippen LogP contribution < -0.4 is 5.32 Å². The second-order valence-electron chi connectivity index (χ2n) is 10.3. The summed E-state index contributed by atoms with van der Waals surface area (Å²) >= 11 is 5.62. The summed E-state index contributed by atoms with van der Waals surface area (Å²) in [6.45, 7) is 4.84. The van der Waals surface area contributed by atoms with E-state index in [-0.39, 0.29) is 6.09 Å². The van der Waals surface area contributed by atoms with Crippen LogP contribution in [0, 0.1) is 5.92 Å². The van der Waals surface area contributed by atoms with Crippen LogP contribution in [0.2, 0.25) is 0 Å². The van der Waals surface area contributed by atoms with Crippen molar-refractivity contribution in [3.05, 3.63) is 0 Å². The van der Waals surface area contributed by atoms with Crippen molar-refractivity contribution in [1.82, 2.24) is 5.32 Å². The number of rotatable bonds is 23. The van der Waals surface area contributed by atoms with Crippen LogP contribution in [-0.2, 0) is 9.47 Å². The molecule has 0 radical (unpaired) electrons. The summed E-state index contributed by atoms with van der Waals surface area (Å²) in [5, 5.41) is 4.47. The molecule has 1 amide bonds. The number of hydrogen-bond donors (Lipinski definition) is 1. The highest BCUT2D eigenvalue weighted by atomic mass is 79.9. The molecular formula is C28H54BrNO3S. The van der Waals surface area contributed by atoms with Gasteiger partial charge in [0.1, 0.15) is 0 Å². The van der Waals surface area contributed by atoms with Gasteiger partial charge in [0.05, 0.1) is 0 Å². The minimum atomic E-state index is -0.868. The Morgan fingerprint density at radius 3 is 1.79 bits per heavy atom. The third kappa shape index (κ3) is 15.9. The molecular weight excluding hydrogens is 510 g/mol. The van der Waals surface area contributed by atoms with E-state index in [9.17, 15) is 4.79 Å². The number of unbranched alkanes of at least 4 members (excludes halogenated alkanes) is 15. The lowest BCUT2D eigenvalue weighted by Crippen LogP contribution is -2.42. The Hall–Kier alpha value is 0.0600. The summed E-state index contributed by atoms with van der Waals surface area (Å²) in [6.07, 6.45) is 23.3. The molecule has 0 saturated carbocycles. The Labute approximate surface area is 224 Å². The number of amides is 1. The summed E-state index contributed by atoms with van der Waals surface area (Å²) in [4.78, 5) is 12.3. The Balaban J connectivity index is 1.92. The average Bonchev–Trinajstić information content (AvgIpc) is 2.79. The predicted octanol–water partition coefficient (Wildman–Crippen LogP) is 9.24. The van der Waals surface area contributed by atoms with E-state index in [1.54, 1.807) is 7.11 Å². The first-order chi connectivity index (χ1) is 16.5. The number of alkyl halides is 1. The van der Waals surface area contributed by atoms with Gasteiger partial charge >= 0.3 is 6.09 Å². The fourth-order valence-corrected chi connectivity index (χ4v) is 6.55. The quantitative estimate of drug-likeness (QED) is 0.0763. The van der Waals surface area contributed by atoms with Crippen molar-refractivity contribution in [1.29, 1.82) is 0 Å². The van der Waals surface area contributed by atoms with Crippen molar-refractivity contribution >= 4 is 33.8 Å². The van der Waals surface area contributed by atoms with Crippen molar-refractivity contribution < 1.29 is 14.3 Å². The molecule has 0 aromatic rings. The van der Waals surface area contributed by atoms with Gasteiger partial charge in [0.2, 0.25) is 5.79 Å². The van der Waals surface area contributed by atoms with E-state index in [0.717, 1.165) is 18.2 Å². The number of ether oxygens (including phenoxy) is 2. The van der Waals surface area contributed by atoms with Crippen molar-refractivity contribution in [3.8, 4) is 0 Å². The zero-order valence-corrected chi connectivity index (χ0v) is 24.9. The predicted molar refractivity (Wildman–Crippen MR) is 152 cm³/mol. The highest BCUT2D eigenvalue weighted by Gasteiger charge is 2.37. The van der Waals surface area contributed by atoms with Crippen LogP contribution in [0.3, 0.4) is 0 Å². The molecule has 1 aliphatic rings. The molecule has 1 aliphatic heterocycles. The highest BCUT2D eigenvalue weighted by Crippen LogP contribution is 2.39. The van der Waals surface area contributed by atoms with Crippen LogP contribution in [-0.4, -0.2) is 41.9 Å². The first-order valence-electron chi connectivity index (χ1n) is 14.2. The maximum Gasteiger partial charge on any atom is 0.409 e. The van der Waals surface area contributed by atoms with Gasteiger partial charge in [-0.3, -0.25) is 0 Å². The second-order valence-corrected chi connectivity index (χ2v) is 12.3. The molecule has 6 heteroatoms. The zero-order valence-electron chi connectivity index (χ0n) is 22.5. The SMILES string of the molecule is CCCCCCCCCCCCCCCCCCNC(=O)OC(C)(CC(CBr)C1CCS1)OC. The van der Waals surface area contributed by atoms with Gasteiger partial charge in [-0.15, -0.1) is 0 Å². The Bertz CT molecular complexity index is 492. The lowest BCUT2D eigenvalue weighted by molar-refractivity contribution is -0.181. The minimum Gasteiger partial charge on any atom is -0.417 e. The zero-order chi connectivity index (χ0) is 24.9. The van der Waals surface area contributed by atoms with E-state index in [4.69, 9.17) is 9.47 Å². The van der Waals surface area contributed by atoms with Crippen LogP contribution >= 0.6 is 27.7 Å². The average molecular weight is 565 g/mol. The van der Waals surface area contributed by atoms with Gasteiger partial charge in [-0.1, -0.05) is 119 Å². The van der Waals surface area contributed by atoms with Gasteiger partial charge in [0.25, 0.3) is 0 Å². The van der Waals surface area contributed by atoms with E-state index >= 15 is 0 Å². The number of halogens is 1. The lowest BCUT2D eigenvalue weighted by atomic mass is 9.96. The number of carbonyl (C=O) groups excluding carboxylic acids is 1. The normalized spacial score (nSPS) is 18.2. The molecule has 1 heterocycles. The first kappa shape index (κ1) is 32.1. The Kier molecular flexibility index (Phi) is 20.0. The van der Waals surface area contributed by atoms with Gasteiger partial charge in [0.15, 0.2) is 0 Å². The molecule has 0 aromatic carbocycles. The summed E-state index contributed by atoms with van der Waals surface area (Å²) in [5.41, 5.74) is 0. The molecule has 1 fully saturated rings. The standard InChI is InChI=1S/C28H54BrNO3S/c1-4-5-6-7-8-9-10-11-12-13-14-15-16-17-18-19-21-30-27(31)33-28(2,32-3)23-25(24-29)26-20-22-34-26/h25-26H,4-24H2,1-3H3,(H,30,31). The molecule has 0 spiro atoms. The van der Waals surface area contributed by atoms with E-state index in [1.165, 1.54) is 108 Å². The topological polar surface area (TPSA) is 47.6 Å². The molecule has 4 nitrogen and oxygen atoms in total. The van der Waals surface area contributed by atoms with E-state index in [0.29, 0.717) is 17.7 Å². The molecule has 34 heavy (non-hydrogen) atoms. The van der Waals surface area contributed by atoms with Crippen molar-refractivity contribution in [3.63, 3.8) is 0 Å². The summed E-state index contributed by atoms with van der Waals surface area (Å²) in [5.74, 6) is 0.822. The smallest absolute Gasteiger partial charge is 0.409 e. The highest BCUT2D eigenvalue weighted by molar-refractivity contribution is 9.09. The Morgan fingerprint density at radius 1 is 0.941 bits per heavy atom. The monoisotopic (exact) mass is 563 g/mol. The molecule has 202 valence electrons. The largest absolute Gasteiger partial charge is 0.417 e. The third-order valence-corrected chi connectivity index (χ3v) is 9.48. The third-order valence-electron chi connectivity index (χ3n) is 7.13. The van der Waals surface area contributed by atoms with Crippen molar-refractivity contribution in [2.75, 3.05) is 24.7 Å². The molecule has 0 bridgehead atoms. The van der Waals surface area contributed by atoms with E-state index in [1.807, 2.05) is 18.7 Å². The maximum atomic E-state index is 12.3.